The molecule has 1 aromatic carbocycles. The monoisotopic (exact) mass is 327 g/mol. The van der Waals surface area contributed by atoms with Crippen LogP contribution in [0.5, 0.6) is 0 Å². The second-order valence-corrected chi connectivity index (χ2v) is 7.34. The lowest BCUT2D eigenvalue weighted by atomic mass is 9.86. The molecule has 0 aliphatic heterocycles. The Hall–Kier alpha value is -2.14. The molecule has 2 N–H and O–H groups in total. The average Bonchev–Trinajstić information content (AvgIpc) is 2.45. The number of nitrogens with zero attached hydrogens (tertiary/aromatic N) is 3. The van der Waals surface area contributed by atoms with Gasteiger partial charge >= 0.3 is 0 Å². The minimum Gasteiger partial charge on any atom is -0.369 e. The van der Waals surface area contributed by atoms with Gasteiger partial charge in [0.15, 0.2) is 0 Å². The largest absolute Gasteiger partial charge is 0.369 e. The van der Waals surface area contributed by atoms with Crippen LogP contribution >= 0.6 is 0 Å². The highest BCUT2D eigenvalue weighted by atomic mass is 15.1. The lowest BCUT2D eigenvalue weighted by Crippen LogP contribution is -2.21. The van der Waals surface area contributed by atoms with Crippen LogP contribution in [0.1, 0.15) is 32.2 Å². The molecule has 1 heterocycles. The van der Waals surface area contributed by atoms with Gasteiger partial charge in [0.1, 0.15) is 17.5 Å². The van der Waals surface area contributed by atoms with Crippen molar-refractivity contribution in [1.82, 2.24) is 14.9 Å². The SMILES string of the molecule is Cc1nc(NCCN(C)C)cc(Nc2ccccc2C(C)(C)C)n1. The third-order valence-electron chi connectivity index (χ3n) is 3.70. The second kappa shape index (κ2) is 7.62. The Balaban J connectivity index is 2.20. The summed E-state index contributed by atoms with van der Waals surface area (Å²) in [7, 11) is 4.12. The Labute approximate surface area is 145 Å². The zero-order valence-corrected chi connectivity index (χ0v) is 15.6. The van der Waals surface area contributed by atoms with Gasteiger partial charge in [-0.05, 0) is 38.1 Å². The smallest absolute Gasteiger partial charge is 0.136 e. The molecule has 0 radical (unpaired) electrons. The maximum Gasteiger partial charge on any atom is 0.136 e. The number of hydrogen-bond donors (Lipinski definition) is 2. The van der Waals surface area contributed by atoms with Crippen molar-refractivity contribution >= 4 is 17.3 Å². The van der Waals surface area contributed by atoms with E-state index in [1.165, 1.54) is 5.56 Å². The molecule has 2 rings (SSSR count). The summed E-state index contributed by atoms with van der Waals surface area (Å²) >= 11 is 0. The number of nitrogens with one attached hydrogen (secondary N) is 2. The Morgan fingerprint density at radius 3 is 2.38 bits per heavy atom. The molecule has 0 saturated carbocycles. The van der Waals surface area contributed by atoms with Crippen molar-refractivity contribution in [2.24, 2.45) is 0 Å². The maximum absolute atomic E-state index is 4.52. The zero-order valence-electron chi connectivity index (χ0n) is 15.6. The number of aromatic nitrogens is 2. The molecule has 2 aromatic rings. The van der Waals surface area contributed by atoms with Gasteiger partial charge < -0.3 is 15.5 Å². The first-order valence-corrected chi connectivity index (χ1v) is 8.36. The lowest BCUT2D eigenvalue weighted by molar-refractivity contribution is 0.425. The molecule has 0 bridgehead atoms. The number of likely N-dealkylation sites (N-methyl/N-ethyl adjacent to an activating group) is 1. The van der Waals surface area contributed by atoms with Crippen LogP contribution in [0.25, 0.3) is 0 Å². The molecule has 0 fully saturated rings. The van der Waals surface area contributed by atoms with Crippen molar-refractivity contribution < 1.29 is 0 Å². The standard InChI is InChI=1S/C19H29N5/c1-14-21-17(20-11-12-24(5)6)13-18(22-14)23-16-10-8-7-9-15(16)19(2,3)4/h7-10,13H,11-12H2,1-6H3,(H2,20,21,22,23). The van der Waals surface area contributed by atoms with Crippen LogP contribution in [0.3, 0.4) is 0 Å². The third-order valence-corrected chi connectivity index (χ3v) is 3.70. The summed E-state index contributed by atoms with van der Waals surface area (Å²) in [5.41, 5.74) is 2.42. The molecule has 1 aromatic heterocycles. The quantitative estimate of drug-likeness (QED) is 0.845. The molecule has 24 heavy (non-hydrogen) atoms. The summed E-state index contributed by atoms with van der Waals surface area (Å²) < 4.78 is 0. The molecule has 0 saturated heterocycles. The molecule has 0 atom stereocenters. The maximum atomic E-state index is 4.52. The van der Waals surface area contributed by atoms with E-state index in [0.717, 1.165) is 36.2 Å². The van der Waals surface area contributed by atoms with E-state index in [9.17, 15) is 0 Å². The van der Waals surface area contributed by atoms with Gasteiger partial charge in [-0.2, -0.15) is 0 Å². The third kappa shape index (κ3) is 5.20. The highest BCUT2D eigenvalue weighted by Gasteiger charge is 2.17. The van der Waals surface area contributed by atoms with Crippen LogP contribution in [-0.2, 0) is 5.41 Å². The van der Waals surface area contributed by atoms with Gasteiger partial charge in [-0.25, -0.2) is 9.97 Å². The van der Waals surface area contributed by atoms with Gasteiger partial charge in [0.25, 0.3) is 0 Å². The second-order valence-electron chi connectivity index (χ2n) is 7.34. The lowest BCUT2D eigenvalue weighted by Gasteiger charge is -2.23. The van der Waals surface area contributed by atoms with Gasteiger partial charge in [-0.15, -0.1) is 0 Å². The van der Waals surface area contributed by atoms with Crippen LogP contribution in [-0.4, -0.2) is 42.1 Å². The summed E-state index contributed by atoms with van der Waals surface area (Å²) in [6, 6.07) is 10.3. The first-order valence-electron chi connectivity index (χ1n) is 8.36. The highest BCUT2D eigenvalue weighted by Crippen LogP contribution is 2.31. The summed E-state index contributed by atoms with van der Waals surface area (Å²) in [5.74, 6) is 2.41. The predicted molar refractivity (Wildman–Crippen MR) is 102 cm³/mol. The molecule has 0 spiro atoms. The number of anilines is 3. The number of benzene rings is 1. The number of aryl methyl sites for hydroxylation is 1. The highest BCUT2D eigenvalue weighted by molar-refractivity contribution is 5.64. The average molecular weight is 327 g/mol. The first-order chi connectivity index (χ1) is 11.3. The van der Waals surface area contributed by atoms with Gasteiger partial charge in [0.05, 0.1) is 0 Å². The van der Waals surface area contributed by atoms with Crippen molar-refractivity contribution in [1.29, 1.82) is 0 Å². The number of para-hydroxylation sites is 1. The van der Waals surface area contributed by atoms with E-state index in [0.29, 0.717) is 0 Å². The molecule has 0 amide bonds. The Morgan fingerprint density at radius 1 is 1.04 bits per heavy atom. The Morgan fingerprint density at radius 2 is 1.71 bits per heavy atom. The van der Waals surface area contributed by atoms with Crippen LogP contribution in [0.4, 0.5) is 17.3 Å². The van der Waals surface area contributed by atoms with Crippen molar-refractivity contribution in [3.63, 3.8) is 0 Å². The molecule has 0 aliphatic rings. The van der Waals surface area contributed by atoms with E-state index in [1.807, 2.05) is 19.1 Å². The van der Waals surface area contributed by atoms with Crippen LogP contribution in [0, 0.1) is 6.92 Å². The molecule has 5 heteroatoms. The summed E-state index contributed by atoms with van der Waals surface area (Å²) in [6.45, 7) is 10.4. The predicted octanol–water partition coefficient (Wildman–Crippen LogP) is 3.80. The molecule has 5 nitrogen and oxygen atoms in total. The summed E-state index contributed by atoms with van der Waals surface area (Å²) in [5, 5.41) is 6.81. The van der Waals surface area contributed by atoms with Crippen molar-refractivity contribution in [3.05, 3.63) is 41.7 Å². The van der Waals surface area contributed by atoms with Crippen LogP contribution < -0.4 is 10.6 Å². The first kappa shape index (κ1) is 18.2. The summed E-state index contributed by atoms with van der Waals surface area (Å²) in [6.07, 6.45) is 0. The van der Waals surface area contributed by atoms with Crippen molar-refractivity contribution in [2.75, 3.05) is 37.8 Å². The van der Waals surface area contributed by atoms with Gasteiger partial charge in [0.2, 0.25) is 0 Å². The van der Waals surface area contributed by atoms with E-state index in [2.05, 4.69) is 78.6 Å². The normalized spacial score (nSPS) is 11.6. The molecule has 130 valence electrons. The minimum atomic E-state index is 0.0679. The molecule has 0 unspecified atom stereocenters. The topological polar surface area (TPSA) is 53.1 Å². The van der Waals surface area contributed by atoms with E-state index < -0.39 is 0 Å². The minimum absolute atomic E-state index is 0.0679. The van der Waals surface area contributed by atoms with E-state index in [1.54, 1.807) is 0 Å². The van der Waals surface area contributed by atoms with E-state index >= 15 is 0 Å². The summed E-state index contributed by atoms with van der Waals surface area (Å²) in [4.78, 5) is 11.1. The number of rotatable bonds is 6. The molecule has 0 aliphatic carbocycles. The zero-order chi connectivity index (χ0) is 17.7. The van der Waals surface area contributed by atoms with Crippen molar-refractivity contribution in [3.8, 4) is 0 Å². The fraction of sp³-hybridized carbons (Fsp3) is 0.474. The van der Waals surface area contributed by atoms with Gasteiger partial charge in [-0.1, -0.05) is 39.0 Å². The van der Waals surface area contributed by atoms with Gasteiger partial charge in [-0.3, -0.25) is 0 Å². The van der Waals surface area contributed by atoms with Crippen LogP contribution in [0.15, 0.2) is 30.3 Å². The fourth-order valence-electron chi connectivity index (χ4n) is 2.51. The van der Waals surface area contributed by atoms with E-state index in [-0.39, 0.29) is 5.41 Å². The van der Waals surface area contributed by atoms with Crippen LogP contribution in [0.2, 0.25) is 0 Å². The Bertz CT molecular complexity index is 674. The van der Waals surface area contributed by atoms with Gasteiger partial charge in [0, 0.05) is 24.8 Å². The number of hydrogen-bond acceptors (Lipinski definition) is 5. The van der Waals surface area contributed by atoms with Crippen molar-refractivity contribution in [2.45, 2.75) is 33.1 Å². The molecular weight excluding hydrogens is 298 g/mol. The van der Waals surface area contributed by atoms with E-state index in [4.69, 9.17) is 0 Å². The fourth-order valence-corrected chi connectivity index (χ4v) is 2.51. The Kier molecular flexibility index (Phi) is 5.78. The molecular formula is C19H29N5.